The molecule has 3 saturated carbocycles. The molecule has 0 aromatic heterocycles. The molecule has 4 aliphatic heterocycles. The minimum atomic E-state index is -1.90. The molecule has 13 N–H and O–H groups in total. The molecular weight excluding hydrogens is 981 g/mol. The van der Waals surface area contributed by atoms with Crippen LogP contribution in [0.2, 0.25) is 0 Å². The summed E-state index contributed by atoms with van der Waals surface area (Å²) < 4.78 is 47.7. The van der Waals surface area contributed by atoms with Crippen LogP contribution in [0.1, 0.15) is 92.4 Å². The largest absolute Gasteiger partial charge is 0.394 e. The molecule has 0 bridgehead atoms. The van der Waals surface area contributed by atoms with Crippen molar-refractivity contribution >= 4 is 11.6 Å². The van der Waals surface area contributed by atoms with Gasteiger partial charge in [0.2, 0.25) is 0 Å². The van der Waals surface area contributed by atoms with Crippen LogP contribution in [0.5, 0.6) is 0 Å². The van der Waals surface area contributed by atoms with Crippen LogP contribution in [-0.2, 0) is 47.5 Å². The number of rotatable bonds is 17. The lowest BCUT2D eigenvalue weighted by Gasteiger charge is -2.58. The van der Waals surface area contributed by atoms with Crippen LogP contribution in [0.4, 0.5) is 0 Å². The highest BCUT2D eigenvalue weighted by Gasteiger charge is 2.63. The first-order valence-electron chi connectivity index (χ1n) is 26.6. The maximum atomic E-state index is 14.1. The molecule has 8 aliphatic rings. The molecule has 0 aromatic rings. The third-order valence-corrected chi connectivity index (χ3v) is 18.6. The Morgan fingerprint density at radius 3 is 1.84 bits per heavy atom. The Hall–Kier alpha value is -1.76. The van der Waals surface area contributed by atoms with Crippen molar-refractivity contribution in [3.05, 3.63) is 11.6 Å². The number of Topliss-reactive ketones (excluding diaryl/α,β-unsaturated/α-hetero) is 2. The quantitative estimate of drug-likeness (QED) is 0.0648. The van der Waals surface area contributed by atoms with Crippen LogP contribution in [0, 0.1) is 46.3 Å². The number of aliphatic hydroxyl groups excluding tert-OH is 13. The number of hydrogen-bond donors (Lipinski definition) is 13. The number of carbonyl (C=O) groups is 2. The summed E-state index contributed by atoms with van der Waals surface area (Å²) in [5.74, 6) is -0.567. The lowest BCUT2D eigenvalue weighted by Crippen LogP contribution is -2.67. The van der Waals surface area contributed by atoms with Crippen molar-refractivity contribution < 1.29 is 114 Å². The van der Waals surface area contributed by atoms with E-state index in [1.807, 2.05) is 13.8 Å². The number of aliphatic hydroxyl groups is 13. The molecular formula is C51H82O23. The van der Waals surface area contributed by atoms with Crippen molar-refractivity contribution in [2.75, 3.05) is 26.4 Å². The van der Waals surface area contributed by atoms with E-state index in [9.17, 15) is 76.0 Å². The molecule has 29 unspecified atom stereocenters. The van der Waals surface area contributed by atoms with Gasteiger partial charge in [-0.05, 0) is 86.4 Å². The molecule has 23 nitrogen and oxygen atoms in total. The summed E-state index contributed by atoms with van der Waals surface area (Å²) in [5, 5.41) is 136. The number of allylic oxidation sites excluding steroid dienone is 1. The molecule has 0 aromatic carbocycles. The van der Waals surface area contributed by atoms with Crippen LogP contribution < -0.4 is 0 Å². The molecule has 74 heavy (non-hydrogen) atoms. The van der Waals surface area contributed by atoms with Crippen LogP contribution >= 0.6 is 0 Å². The van der Waals surface area contributed by atoms with E-state index in [0.29, 0.717) is 38.5 Å². The Bertz CT molecular complexity index is 1940. The fraction of sp³-hybridized carbons (Fsp3) is 0.922. The first kappa shape index (κ1) is 58.4. The topological polar surface area (TPSA) is 371 Å². The highest BCUT2D eigenvalue weighted by Crippen LogP contribution is 2.66. The number of hydrogen-bond acceptors (Lipinski definition) is 23. The fourth-order valence-electron chi connectivity index (χ4n) is 14.0. The van der Waals surface area contributed by atoms with Gasteiger partial charge in [-0.25, -0.2) is 0 Å². The maximum absolute atomic E-state index is 14.1. The monoisotopic (exact) mass is 1060 g/mol. The van der Waals surface area contributed by atoms with Gasteiger partial charge in [0, 0.05) is 24.7 Å². The minimum absolute atomic E-state index is 0.0160. The van der Waals surface area contributed by atoms with Gasteiger partial charge in [-0.2, -0.15) is 0 Å². The number of ketones is 2. The van der Waals surface area contributed by atoms with E-state index in [1.54, 1.807) is 0 Å². The summed E-state index contributed by atoms with van der Waals surface area (Å²) in [6.45, 7) is 7.59. The van der Waals surface area contributed by atoms with Gasteiger partial charge in [0.1, 0.15) is 103 Å². The Balaban J connectivity index is 0.935. The molecule has 8 rings (SSSR count). The van der Waals surface area contributed by atoms with E-state index in [1.165, 1.54) is 6.92 Å². The molecule has 4 aliphatic carbocycles. The summed E-state index contributed by atoms with van der Waals surface area (Å²) in [5.41, 5.74) is 0.491. The Morgan fingerprint density at radius 2 is 1.20 bits per heavy atom. The van der Waals surface area contributed by atoms with Crippen molar-refractivity contribution in [2.24, 2.45) is 46.3 Å². The zero-order valence-corrected chi connectivity index (χ0v) is 42.8. The minimum Gasteiger partial charge on any atom is -0.394 e. The second-order valence-corrected chi connectivity index (χ2v) is 23.2. The molecule has 0 amide bonds. The van der Waals surface area contributed by atoms with Crippen molar-refractivity contribution in [1.82, 2.24) is 0 Å². The highest BCUT2D eigenvalue weighted by molar-refractivity contribution is 5.92. The molecule has 0 radical (unpaired) electrons. The Morgan fingerprint density at radius 1 is 0.649 bits per heavy atom. The van der Waals surface area contributed by atoms with E-state index in [-0.39, 0.29) is 53.7 Å². The Labute approximate surface area is 430 Å². The predicted octanol–water partition coefficient (Wildman–Crippen LogP) is -2.96. The van der Waals surface area contributed by atoms with Crippen LogP contribution in [0.3, 0.4) is 0 Å². The molecule has 4 heterocycles. The van der Waals surface area contributed by atoms with Crippen molar-refractivity contribution in [1.29, 1.82) is 0 Å². The SMILES string of the molecule is CC(CCC(=O)C(C)C1C(=O)CC2C3CC=C4CC(OC5OC(CO)C(O)C(OC6OC(CO)C(O)C(O)C6O)C5OC5OC(C)C(O)C(O)C5O)CCC4(C)C3CCC21C)COC1OC(CO)C(O)C(O)C1O. The molecule has 23 heteroatoms. The summed E-state index contributed by atoms with van der Waals surface area (Å²) in [6.07, 6.45) is -24.4. The lowest BCUT2D eigenvalue weighted by molar-refractivity contribution is -0.394. The number of ether oxygens (including phenoxy) is 8. The van der Waals surface area contributed by atoms with Gasteiger partial charge in [0.15, 0.2) is 25.2 Å². The van der Waals surface area contributed by atoms with E-state index in [0.717, 1.165) is 18.4 Å². The van der Waals surface area contributed by atoms with E-state index >= 15 is 0 Å². The predicted molar refractivity (Wildman–Crippen MR) is 250 cm³/mol. The summed E-state index contributed by atoms with van der Waals surface area (Å²) in [6, 6.07) is 0. The number of fused-ring (bicyclic) bond motifs is 5. The first-order valence-corrected chi connectivity index (χ1v) is 26.6. The highest BCUT2D eigenvalue weighted by atomic mass is 16.8. The van der Waals surface area contributed by atoms with E-state index in [2.05, 4.69) is 19.9 Å². The zero-order chi connectivity index (χ0) is 53.9. The smallest absolute Gasteiger partial charge is 0.187 e. The van der Waals surface area contributed by atoms with Gasteiger partial charge in [-0.15, -0.1) is 0 Å². The molecule has 424 valence electrons. The second-order valence-electron chi connectivity index (χ2n) is 23.2. The summed E-state index contributed by atoms with van der Waals surface area (Å²) in [4.78, 5) is 28.0. The lowest BCUT2D eigenvalue weighted by atomic mass is 9.47. The maximum Gasteiger partial charge on any atom is 0.187 e. The van der Waals surface area contributed by atoms with Gasteiger partial charge >= 0.3 is 0 Å². The third-order valence-electron chi connectivity index (χ3n) is 18.6. The second kappa shape index (κ2) is 23.5. The first-order chi connectivity index (χ1) is 35.0. The molecule has 7 fully saturated rings. The van der Waals surface area contributed by atoms with Crippen molar-refractivity contribution in [3.63, 3.8) is 0 Å². The Kier molecular flexibility index (Phi) is 18.6. The standard InChI is InChI=1S/C51H82O23/c1-20(19-67-46-41(64)39(62)35(58)30(16-52)70-46)6-9-28(55)21(2)33-29(56)15-27-25-8-7-23-14-24(10-12-50(23,4)26(25)11-13-51(27,33)5)69-49-45(74-47-42(65)38(61)34(57)22(3)68-47)44(37(60)32(18-54)72-49)73-48-43(66)40(63)36(59)31(17-53)71-48/h7,20-22,24-27,30-49,52-54,57-66H,6,8-19H2,1-5H3. The van der Waals surface area contributed by atoms with Gasteiger partial charge in [-0.1, -0.05) is 39.3 Å². The third kappa shape index (κ3) is 11.0. The van der Waals surface area contributed by atoms with E-state index < -0.39 is 166 Å². The van der Waals surface area contributed by atoms with Crippen LogP contribution in [0.25, 0.3) is 0 Å². The van der Waals surface area contributed by atoms with Crippen LogP contribution in [-0.4, -0.2) is 233 Å². The van der Waals surface area contributed by atoms with Gasteiger partial charge in [0.25, 0.3) is 0 Å². The molecule has 0 spiro atoms. The summed E-state index contributed by atoms with van der Waals surface area (Å²) in [7, 11) is 0. The normalized spacial score (nSPS) is 50.5. The zero-order valence-electron chi connectivity index (χ0n) is 42.8. The molecule has 4 saturated heterocycles. The van der Waals surface area contributed by atoms with Gasteiger partial charge < -0.3 is 104 Å². The van der Waals surface area contributed by atoms with E-state index in [4.69, 9.17) is 37.9 Å². The molecule has 29 atom stereocenters. The van der Waals surface area contributed by atoms with Crippen molar-refractivity contribution in [2.45, 2.75) is 221 Å². The van der Waals surface area contributed by atoms with Gasteiger partial charge in [0.05, 0.1) is 38.6 Å². The fourth-order valence-corrected chi connectivity index (χ4v) is 14.0. The number of carbonyl (C=O) groups excluding carboxylic acids is 2. The average molecular weight is 1060 g/mol. The van der Waals surface area contributed by atoms with Crippen LogP contribution in [0.15, 0.2) is 11.6 Å². The van der Waals surface area contributed by atoms with Crippen molar-refractivity contribution in [3.8, 4) is 0 Å². The average Bonchev–Trinajstić information content (AvgIpc) is 3.66. The van der Waals surface area contributed by atoms with Gasteiger partial charge in [-0.3, -0.25) is 9.59 Å². The summed E-state index contributed by atoms with van der Waals surface area (Å²) >= 11 is 0.